The van der Waals surface area contributed by atoms with E-state index in [0.717, 1.165) is 13.0 Å². The Morgan fingerprint density at radius 3 is 2.71 bits per heavy atom. The predicted molar refractivity (Wildman–Crippen MR) is 33.2 cm³/mol. The van der Waals surface area contributed by atoms with Gasteiger partial charge < -0.3 is 0 Å². The van der Waals surface area contributed by atoms with Crippen LogP contribution in [0.2, 0.25) is 0 Å². The van der Waals surface area contributed by atoms with Crippen LogP contribution in [0.1, 0.15) is 19.8 Å². The Kier molecular flexibility index (Phi) is 5.39. The van der Waals surface area contributed by atoms with Crippen molar-refractivity contribution in [3.05, 3.63) is 0 Å². The molecule has 0 fully saturated rings. The molecule has 0 saturated carbocycles. The van der Waals surface area contributed by atoms with Crippen LogP contribution < -0.4 is 0 Å². The largest absolute Gasteiger partial charge is 0.273 e. The second kappa shape index (κ2) is 5.66. The molecule has 0 radical (unpaired) electrons. The molecule has 0 unspecified atom stereocenters. The van der Waals surface area contributed by atoms with Crippen molar-refractivity contribution in [1.82, 2.24) is 0 Å². The zero-order chi connectivity index (χ0) is 5.54. The maximum atomic E-state index is 3.79. The third kappa shape index (κ3) is 5.66. The summed E-state index contributed by atoms with van der Waals surface area (Å²) < 4.78 is 0. The molecule has 0 aliphatic carbocycles. The Labute approximate surface area is 45.5 Å². The lowest BCUT2D eigenvalue weighted by atomic mass is 10.3. The van der Waals surface area contributed by atoms with Gasteiger partial charge in [-0.05, 0) is 6.42 Å². The maximum Gasteiger partial charge on any atom is 0.273 e. The van der Waals surface area contributed by atoms with E-state index in [4.69, 9.17) is 0 Å². The van der Waals surface area contributed by atoms with Crippen LogP contribution >= 0.6 is 0 Å². The molecule has 0 aliphatic rings. The Hall–Kier alpha value is -0.335. The second-order valence-electron chi connectivity index (χ2n) is 1.42. The molecule has 0 saturated heterocycles. The van der Waals surface area contributed by atoms with Gasteiger partial charge in [0, 0.05) is 0 Å². The quantitative estimate of drug-likeness (QED) is 0.283. The summed E-state index contributed by atoms with van der Waals surface area (Å²) in [6, 6.07) is 0. The van der Waals surface area contributed by atoms with Gasteiger partial charge >= 0.3 is 0 Å². The topological polar surface area (TPSA) is 24.7 Å². The number of nitrogens with zero attached hydrogens (tertiary/aromatic N) is 2. The SMILES string of the molecule is BN=NCCCC. The molecule has 0 aromatic rings. The normalized spacial score (nSPS) is 10.4. The van der Waals surface area contributed by atoms with E-state index >= 15 is 0 Å². The molecule has 0 amide bonds. The van der Waals surface area contributed by atoms with Crippen molar-refractivity contribution < 1.29 is 0 Å². The van der Waals surface area contributed by atoms with E-state index in [2.05, 4.69) is 17.1 Å². The molecule has 40 valence electrons. The molecule has 3 heteroatoms. The summed E-state index contributed by atoms with van der Waals surface area (Å²) in [6.07, 6.45) is 2.37. The van der Waals surface area contributed by atoms with Gasteiger partial charge in [-0.1, -0.05) is 13.3 Å². The van der Waals surface area contributed by atoms with Crippen LogP contribution in [0.15, 0.2) is 10.1 Å². The van der Waals surface area contributed by atoms with Gasteiger partial charge in [-0.2, -0.15) is 0 Å². The molecule has 0 aromatic carbocycles. The third-order valence-electron chi connectivity index (χ3n) is 0.753. The van der Waals surface area contributed by atoms with Gasteiger partial charge in [0.1, 0.15) is 0 Å². The maximum absolute atomic E-state index is 3.79. The molecule has 0 spiro atoms. The molecule has 0 heterocycles. The first-order valence-corrected chi connectivity index (χ1v) is 2.67. The Morgan fingerprint density at radius 2 is 2.29 bits per heavy atom. The van der Waals surface area contributed by atoms with E-state index in [-0.39, 0.29) is 0 Å². The lowest BCUT2D eigenvalue weighted by Crippen LogP contribution is -1.74. The Balaban J connectivity index is 2.69. The highest BCUT2D eigenvalue weighted by atomic mass is 15.0. The van der Waals surface area contributed by atoms with Crippen molar-refractivity contribution in [3.8, 4) is 0 Å². The first-order chi connectivity index (χ1) is 3.41. The highest BCUT2D eigenvalue weighted by molar-refractivity contribution is 6.04. The molecule has 0 atom stereocenters. The van der Waals surface area contributed by atoms with Crippen LogP contribution in [0.5, 0.6) is 0 Å². The fourth-order valence-corrected chi connectivity index (χ4v) is 0.329. The van der Waals surface area contributed by atoms with Crippen molar-refractivity contribution in [2.24, 2.45) is 10.1 Å². The molecule has 2 nitrogen and oxygen atoms in total. The van der Waals surface area contributed by atoms with Gasteiger partial charge in [0.05, 0.1) is 6.54 Å². The third-order valence-corrected chi connectivity index (χ3v) is 0.753. The highest BCUT2D eigenvalue weighted by Crippen LogP contribution is 1.85. The lowest BCUT2D eigenvalue weighted by molar-refractivity contribution is 0.786. The fourth-order valence-electron chi connectivity index (χ4n) is 0.329. The van der Waals surface area contributed by atoms with Crippen molar-refractivity contribution in [1.29, 1.82) is 0 Å². The zero-order valence-corrected chi connectivity index (χ0v) is 5.02. The Morgan fingerprint density at radius 1 is 1.57 bits per heavy atom. The van der Waals surface area contributed by atoms with Crippen LogP contribution in [0.3, 0.4) is 0 Å². The molecule has 0 aliphatic heterocycles. The van der Waals surface area contributed by atoms with Gasteiger partial charge in [0.25, 0.3) is 7.98 Å². The van der Waals surface area contributed by atoms with E-state index < -0.39 is 0 Å². The van der Waals surface area contributed by atoms with Gasteiger partial charge in [-0.15, -0.1) is 0 Å². The van der Waals surface area contributed by atoms with Crippen molar-refractivity contribution in [2.45, 2.75) is 19.8 Å². The molecular weight excluding hydrogens is 86.9 g/mol. The van der Waals surface area contributed by atoms with Crippen LogP contribution in [-0.4, -0.2) is 14.5 Å². The van der Waals surface area contributed by atoms with Crippen LogP contribution in [0, 0.1) is 0 Å². The number of unbranched alkanes of at least 4 members (excludes halogenated alkanes) is 1. The Bertz CT molecular complexity index is 53.7. The summed E-state index contributed by atoms with van der Waals surface area (Å²) >= 11 is 0. The summed E-state index contributed by atoms with van der Waals surface area (Å²) in [4.78, 5) is 0. The first kappa shape index (κ1) is 6.66. The van der Waals surface area contributed by atoms with Crippen LogP contribution in [0.25, 0.3) is 0 Å². The lowest BCUT2D eigenvalue weighted by Gasteiger charge is -1.83. The van der Waals surface area contributed by atoms with E-state index in [1.807, 2.05) is 0 Å². The summed E-state index contributed by atoms with van der Waals surface area (Å²) in [6.45, 7) is 3.04. The fraction of sp³-hybridized carbons (Fsp3) is 1.00. The summed E-state index contributed by atoms with van der Waals surface area (Å²) in [5, 5.41) is 7.38. The van der Waals surface area contributed by atoms with E-state index in [9.17, 15) is 0 Å². The predicted octanol–water partition coefficient (Wildman–Crippen LogP) is 0.787. The van der Waals surface area contributed by atoms with Crippen molar-refractivity contribution >= 4 is 7.98 Å². The van der Waals surface area contributed by atoms with Crippen molar-refractivity contribution in [2.75, 3.05) is 6.54 Å². The van der Waals surface area contributed by atoms with Crippen LogP contribution in [0.4, 0.5) is 0 Å². The van der Waals surface area contributed by atoms with Crippen molar-refractivity contribution in [3.63, 3.8) is 0 Å². The minimum atomic E-state index is 0.896. The number of hydrogen-bond donors (Lipinski definition) is 0. The minimum Gasteiger partial charge on any atom is -0.269 e. The summed E-state index contributed by atoms with van der Waals surface area (Å²) in [5.74, 6) is 0. The van der Waals surface area contributed by atoms with E-state index in [0.29, 0.717) is 0 Å². The standard InChI is InChI=1S/C4H11BN2/c1-2-3-4-6-7-5/h2-5H2,1H3. The molecular formula is C4H11BN2. The van der Waals surface area contributed by atoms with E-state index in [1.54, 1.807) is 7.98 Å². The molecule has 0 bridgehead atoms. The zero-order valence-electron chi connectivity index (χ0n) is 5.02. The first-order valence-electron chi connectivity index (χ1n) is 2.67. The average molecular weight is 98.0 g/mol. The molecule has 0 N–H and O–H groups in total. The van der Waals surface area contributed by atoms with E-state index in [1.165, 1.54) is 6.42 Å². The molecule has 7 heavy (non-hydrogen) atoms. The van der Waals surface area contributed by atoms with Crippen LogP contribution in [-0.2, 0) is 0 Å². The average Bonchev–Trinajstić information content (AvgIpc) is 1.69. The number of hydrogen-bond acceptors (Lipinski definition) is 2. The van der Waals surface area contributed by atoms with Gasteiger partial charge in [0.15, 0.2) is 0 Å². The van der Waals surface area contributed by atoms with Gasteiger partial charge in [0.2, 0.25) is 0 Å². The van der Waals surface area contributed by atoms with Gasteiger partial charge in [-0.3, -0.25) is 5.03 Å². The minimum absolute atomic E-state index is 0.896. The number of rotatable bonds is 3. The summed E-state index contributed by atoms with van der Waals surface area (Å²) in [7, 11) is 1.70. The summed E-state index contributed by atoms with van der Waals surface area (Å²) in [5.41, 5.74) is 0. The molecule has 0 rings (SSSR count). The molecule has 0 aromatic heterocycles. The monoisotopic (exact) mass is 98.1 g/mol. The highest BCUT2D eigenvalue weighted by Gasteiger charge is 1.74. The van der Waals surface area contributed by atoms with Gasteiger partial charge in [-0.25, -0.2) is 5.11 Å². The second-order valence-corrected chi connectivity index (χ2v) is 1.42. The smallest absolute Gasteiger partial charge is 0.269 e.